The van der Waals surface area contributed by atoms with Crippen LogP contribution in [-0.4, -0.2) is 138 Å². The van der Waals surface area contributed by atoms with Crippen molar-refractivity contribution in [1.82, 2.24) is 35.6 Å². The molecule has 4 N–H and O–H groups in total. The van der Waals surface area contributed by atoms with Crippen LogP contribution in [0.25, 0.3) is 10.9 Å². The van der Waals surface area contributed by atoms with Crippen LogP contribution in [-0.2, 0) is 60.2 Å². The molecule has 1 heterocycles. The van der Waals surface area contributed by atoms with Gasteiger partial charge in [0.15, 0.2) is 0 Å². The van der Waals surface area contributed by atoms with E-state index in [0.29, 0.717) is 29.3 Å². The first kappa shape index (κ1) is 63.9. The predicted octanol–water partition coefficient (Wildman–Crippen LogP) is 6.97. The third kappa shape index (κ3) is 18.9. The Kier molecular flexibility index (Phi) is 23.2. The van der Waals surface area contributed by atoms with Gasteiger partial charge in [-0.3, -0.25) is 24.1 Å². The highest BCUT2D eigenvalue weighted by Gasteiger charge is 2.47. The zero-order valence-corrected chi connectivity index (χ0v) is 47.4. The second kappa shape index (κ2) is 26.8. The second-order valence-corrected chi connectivity index (χ2v) is 22.8. The number of nitrogens with one attached hydrogen (secondary N) is 4. The number of benzene rings is 1. The lowest BCUT2D eigenvalue weighted by Crippen LogP contribution is -2.63. The maximum absolute atomic E-state index is 15.0. The van der Waals surface area contributed by atoms with E-state index in [2.05, 4.69) is 21.3 Å². The number of hydrogen-bond acceptors (Lipinski definition) is 12. The summed E-state index contributed by atoms with van der Waals surface area (Å²) in [4.78, 5) is 111. The van der Waals surface area contributed by atoms with Gasteiger partial charge < -0.3 is 49.7 Å². The van der Waals surface area contributed by atoms with E-state index in [1.807, 2.05) is 18.4 Å². The number of likely N-dealkylation sites (N-methyl/N-ethyl adjacent to an activating group) is 2. The number of nitrogens with zero attached hydrogens (tertiary/aromatic N) is 3. The summed E-state index contributed by atoms with van der Waals surface area (Å²) in [5, 5.41) is 11.5. The molecule has 0 aliphatic rings. The van der Waals surface area contributed by atoms with Gasteiger partial charge in [0.25, 0.3) is 0 Å². The Morgan fingerprint density at radius 1 is 0.797 bits per heavy atom. The summed E-state index contributed by atoms with van der Waals surface area (Å²) >= 11 is 0. The molecule has 0 fully saturated rings. The predicted molar refractivity (Wildman–Crippen MR) is 280 cm³/mol. The smallest absolute Gasteiger partial charge is 0.410 e. The van der Waals surface area contributed by atoms with Crippen molar-refractivity contribution in [3.63, 3.8) is 0 Å². The van der Waals surface area contributed by atoms with Crippen LogP contribution in [0.15, 0.2) is 36.0 Å². The molecule has 416 valence electrons. The van der Waals surface area contributed by atoms with E-state index >= 15 is 0 Å². The Morgan fingerprint density at radius 2 is 1.39 bits per heavy atom. The Labute approximate surface area is 437 Å². The summed E-state index contributed by atoms with van der Waals surface area (Å²) in [5.74, 6) is -4.66. The molecule has 1 aromatic carbocycles. The van der Waals surface area contributed by atoms with Gasteiger partial charge in [0, 0.05) is 62.2 Å². The molecule has 2 rings (SSSR count). The van der Waals surface area contributed by atoms with Gasteiger partial charge in [-0.25, -0.2) is 23.6 Å². The summed E-state index contributed by atoms with van der Waals surface area (Å²) in [6.07, 6.45) is 2.67. The molecule has 5 atom stereocenters. The van der Waals surface area contributed by atoms with E-state index in [1.165, 1.54) is 43.0 Å². The fraction of sp³-hybridized carbons (Fsp3) is 0.667. The SMILES string of the molecule is CCOC(=O)C(CCC(=O)NC(CCCCNC(=O)OC(C)(C)C)C(=O)OC)NC(=O)/C(C)=C/C(C(C)C)N(C)C(=O)C(NC(=O)C(N(C)C(=O)OC(C)(C)C)C(C)(C)c1cn(C)c2ccc(F)cc12)C(C)(C)C. The lowest BCUT2D eigenvalue weighted by Gasteiger charge is -2.42. The number of aryl methyl sites for hydroxylation is 1. The van der Waals surface area contributed by atoms with Crippen molar-refractivity contribution >= 4 is 58.7 Å². The maximum atomic E-state index is 15.0. The maximum Gasteiger partial charge on any atom is 0.410 e. The number of fused-ring (bicyclic) bond motifs is 1. The molecule has 19 nitrogen and oxygen atoms in total. The number of amides is 6. The molecule has 0 bridgehead atoms. The fourth-order valence-corrected chi connectivity index (χ4v) is 8.43. The number of hydrogen-bond donors (Lipinski definition) is 4. The summed E-state index contributed by atoms with van der Waals surface area (Å²) in [6.45, 7) is 26.3. The minimum Gasteiger partial charge on any atom is -0.467 e. The van der Waals surface area contributed by atoms with Crippen molar-refractivity contribution < 1.29 is 61.7 Å². The number of carbonyl (C=O) groups is 8. The number of aromatic nitrogens is 1. The fourth-order valence-electron chi connectivity index (χ4n) is 8.43. The molecular weight excluding hydrogens is 958 g/mol. The van der Waals surface area contributed by atoms with Gasteiger partial charge in [0.05, 0.1) is 19.8 Å². The summed E-state index contributed by atoms with van der Waals surface area (Å²) in [7, 11) is 5.99. The average Bonchev–Trinajstić information content (AvgIpc) is 3.61. The van der Waals surface area contributed by atoms with Crippen LogP contribution in [0.2, 0.25) is 0 Å². The number of carbonyl (C=O) groups excluding carboxylic acids is 8. The normalized spacial score (nSPS) is 14.4. The topological polar surface area (TPSA) is 233 Å². The van der Waals surface area contributed by atoms with Gasteiger partial charge in [0.1, 0.15) is 41.2 Å². The third-order valence-corrected chi connectivity index (χ3v) is 12.2. The van der Waals surface area contributed by atoms with Crippen LogP contribution < -0.4 is 21.3 Å². The quantitative estimate of drug-likeness (QED) is 0.0383. The molecule has 0 saturated carbocycles. The van der Waals surface area contributed by atoms with Gasteiger partial charge in [-0.15, -0.1) is 0 Å². The van der Waals surface area contributed by atoms with E-state index in [1.54, 1.807) is 116 Å². The molecule has 0 radical (unpaired) electrons. The van der Waals surface area contributed by atoms with E-state index in [-0.39, 0.29) is 43.9 Å². The molecule has 0 spiro atoms. The van der Waals surface area contributed by atoms with Gasteiger partial charge in [0.2, 0.25) is 23.6 Å². The van der Waals surface area contributed by atoms with Gasteiger partial charge in [-0.2, -0.15) is 0 Å². The molecule has 6 amide bonds. The molecule has 20 heteroatoms. The number of esters is 2. The molecule has 0 aliphatic carbocycles. The first-order chi connectivity index (χ1) is 34.0. The molecule has 0 aliphatic heterocycles. The zero-order chi connectivity index (χ0) is 56.8. The van der Waals surface area contributed by atoms with E-state index < -0.39 is 106 Å². The van der Waals surface area contributed by atoms with Crippen LogP contribution in [0.5, 0.6) is 0 Å². The van der Waals surface area contributed by atoms with Crippen molar-refractivity contribution in [2.45, 2.75) is 183 Å². The van der Waals surface area contributed by atoms with Crippen LogP contribution in [0, 0.1) is 17.2 Å². The number of ether oxygens (including phenoxy) is 4. The number of halogens is 1. The molecule has 1 aromatic heterocycles. The van der Waals surface area contributed by atoms with Crippen LogP contribution in [0.3, 0.4) is 0 Å². The Morgan fingerprint density at radius 3 is 1.93 bits per heavy atom. The highest BCUT2D eigenvalue weighted by atomic mass is 19.1. The second-order valence-electron chi connectivity index (χ2n) is 22.8. The van der Waals surface area contributed by atoms with E-state index in [9.17, 15) is 42.7 Å². The number of unbranched alkanes of at least 4 members (excludes halogenated alkanes) is 1. The highest BCUT2D eigenvalue weighted by Crippen LogP contribution is 2.38. The van der Waals surface area contributed by atoms with Crippen LogP contribution in [0.4, 0.5) is 14.0 Å². The first-order valence-corrected chi connectivity index (χ1v) is 25.2. The Balaban J connectivity index is 2.39. The number of methoxy groups -OCH3 is 1. The summed E-state index contributed by atoms with van der Waals surface area (Å²) in [5.41, 5.74) is -2.26. The van der Waals surface area contributed by atoms with Crippen LogP contribution >= 0.6 is 0 Å². The Hall–Kier alpha value is -6.21. The number of rotatable bonds is 23. The lowest BCUT2D eigenvalue weighted by molar-refractivity contribution is -0.148. The molecule has 2 aromatic rings. The van der Waals surface area contributed by atoms with Crippen molar-refractivity contribution in [3.05, 3.63) is 47.4 Å². The third-order valence-electron chi connectivity index (χ3n) is 12.2. The van der Waals surface area contributed by atoms with Gasteiger partial charge >= 0.3 is 24.1 Å². The van der Waals surface area contributed by atoms with E-state index in [4.69, 9.17) is 18.9 Å². The first-order valence-electron chi connectivity index (χ1n) is 25.2. The highest BCUT2D eigenvalue weighted by molar-refractivity contribution is 5.97. The molecule has 0 saturated heterocycles. The van der Waals surface area contributed by atoms with Gasteiger partial charge in [-0.1, -0.05) is 54.5 Å². The zero-order valence-electron chi connectivity index (χ0n) is 47.4. The van der Waals surface area contributed by atoms with Gasteiger partial charge in [-0.05, 0) is 116 Å². The minimum atomic E-state index is -1.29. The van der Waals surface area contributed by atoms with Crippen LogP contribution in [0.1, 0.15) is 142 Å². The minimum absolute atomic E-state index is 0.00802. The molecule has 74 heavy (non-hydrogen) atoms. The lowest BCUT2D eigenvalue weighted by atomic mass is 9.76. The Bertz CT molecular complexity index is 2340. The monoisotopic (exact) mass is 1040 g/mol. The standard InChI is InChI=1S/C54H86FN7O12/c1-20-72-48(68)38(25-27-41(63)57-37(47(67)71-19)23-21-22-28-56-49(69)73-52(8,9)10)58-44(64)33(4)29-40(32(2)3)61(17)46(66)42(51(5,6)7)59-45(65)43(62(18)50(70)74-53(11,12)13)54(14,15)36-31-60(16)39-26-24-34(55)30-35(36)39/h24,26,29-32,37-38,40,42-43H,20-23,25,27-28H2,1-19H3,(H,56,69)(H,57,63)(H,58,64)(H,59,65)/b33-29+. The van der Waals surface area contributed by atoms with Crippen molar-refractivity contribution in [2.75, 3.05) is 34.4 Å². The summed E-state index contributed by atoms with van der Waals surface area (Å²) in [6, 6.07) is -1.12. The van der Waals surface area contributed by atoms with E-state index in [0.717, 1.165) is 0 Å². The van der Waals surface area contributed by atoms with Crippen molar-refractivity contribution in [3.8, 4) is 0 Å². The largest absolute Gasteiger partial charge is 0.467 e. The summed E-state index contributed by atoms with van der Waals surface area (Å²) < 4.78 is 37.7. The molecular formula is C54H86FN7O12. The van der Waals surface area contributed by atoms with Crippen molar-refractivity contribution in [2.24, 2.45) is 18.4 Å². The molecule has 5 unspecified atom stereocenters. The average molecular weight is 1040 g/mol. The number of alkyl carbamates (subject to hydrolysis) is 1. The van der Waals surface area contributed by atoms with Crippen molar-refractivity contribution in [1.29, 1.82) is 0 Å².